The molecule has 0 saturated carbocycles. The number of hydrogen-bond donors (Lipinski definition) is 2. The molecule has 1 aromatic rings. The van der Waals surface area contributed by atoms with Gasteiger partial charge in [-0.25, -0.2) is 0 Å². The first-order valence-electron chi connectivity index (χ1n) is 7.65. The molecule has 1 aliphatic heterocycles. The maximum absolute atomic E-state index is 11.9. The predicted molar refractivity (Wildman–Crippen MR) is 88.6 cm³/mol. The Balaban J connectivity index is 1.69. The van der Waals surface area contributed by atoms with Crippen LogP contribution in [0, 0.1) is 5.92 Å². The summed E-state index contributed by atoms with van der Waals surface area (Å²) in [6.07, 6.45) is 3.99. The van der Waals surface area contributed by atoms with Crippen LogP contribution in [0.2, 0.25) is 5.02 Å². The van der Waals surface area contributed by atoms with Crippen LogP contribution in [0.4, 0.5) is 11.4 Å². The molecule has 0 aromatic heterocycles. The zero-order chi connectivity index (χ0) is 15.2. The Morgan fingerprint density at radius 1 is 1.52 bits per heavy atom. The fourth-order valence-corrected chi connectivity index (χ4v) is 2.87. The second kappa shape index (κ2) is 7.66. The van der Waals surface area contributed by atoms with E-state index in [1.54, 1.807) is 18.2 Å². The van der Waals surface area contributed by atoms with Crippen LogP contribution in [0.1, 0.15) is 32.6 Å². The highest BCUT2D eigenvalue weighted by atomic mass is 35.5. The van der Waals surface area contributed by atoms with Crippen molar-refractivity contribution in [2.75, 3.05) is 30.7 Å². The van der Waals surface area contributed by atoms with Crippen molar-refractivity contribution in [2.24, 2.45) is 5.92 Å². The molecule has 1 unspecified atom stereocenters. The molecule has 5 heteroatoms. The molecule has 1 aliphatic rings. The van der Waals surface area contributed by atoms with Gasteiger partial charge in [0.25, 0.3) is 0 Å². The third-order valence-corrected chi connectivity index (χ3v) is 4.45. The molecule has 1 aromatic carbocycles. The average Bonchev–Trinajstić information content (AvgIpc) is 2.91. The summed E-state index contributed by atoms with van der Waals surface area (Å²) in [7, 11) is 0. The van der Waals surface area contributed by atoms with Crippen LogP contribution in [0.15, 0.2) is 18.2 Å². The molecule has 0 spiro atoms. The molecule has 0 radical (unpaired) electrons. The van der Waals surface area contributed by atoms with E-state index < -0.39 is 0 Å². The number of nitrogen functional groups attached to an aromatic ring is 1. The lowest BCUT2D eigenvalue weighted by Crippen LogP contribution is -2.23. The minimum Gasteiger partial charge on any atom is -0.397 e. The van der Waals surface area contributed by atoms with E-state index in [4.69, 9.17) is 17.3 Å². The number of anilines is 2. The largest absolute Gasteiger partial charge is 0.397 e. The van der Waals surface area contributed by atoms with E-state index in [1.165, 1.54) is 25.9 Å². The number of nitrogens with one attached hydrogen (secondary N) is 1. The summed E-state index contributed by atoms with van der Waals surface area (Å²) < 4.78 is 0. The Kier molecular flexibility index (Phi) is 5.88. The molecule has 0 bridgehead atoms. The number of carbonyl (C=O) groups is 1. The van der Waals surface area contributed by atoms with Gasteiger partial charge in [-0.1, -0.05) is 24.9 Å². The first-order valence-corrected chi connectivity index (χ1v) is 8.03. The van der Waals surface area contributed by atoms with Gasteiger partial charge in [-0.3, -0.25) is 4.79 Å². The minimum atomic E-state index is 0.0305. The Bertz CT molecular complexity index is 492. The molecule has 0 aliphatic carbocycles. The first-order chi connectivity index (χ1) is 10.1. The minimum absolute atomic E-state index is 0.0305. The standard InChI is InChI=1S/C16H24ClN3O/c1-2-12-7-9-20(11-12)8-3-4-16(21)19-13-5-6-14(17)15(18)10-13/h5-6,10,12H,2-4,7-9,11,18H2,1H3,(H,19,21). The van der Waals surface area contributed by atoms with Gasteiger partial charge in [-0.05, 0) is 50.0 Å². The Morgan fingerprint density at radius 3 is 3.00 bits per heavy atom. The van der Waals surface area contributed by atoms with Crippen LogP contribution >= 0.6 is 11.6 Å². The molecule has 1 amide bonds. The molecule has 1 saturated heterocycles. The highest BCUT2D eigenvalue weighted by Crippen LogP contribution is 2.22. The summed E-state index contributed by atoms with van der Waals surface area (Å²) in [4.78, 5) is 14.4. The van der Waals surface area contributed by atoms with Crippen LogP contribution < -0.4 is 11.1 Å². The van der Waals surface area contributed by atoms with Gasteiger partial charge in [-0.15, -0.1) is 0 Å². The lowest BCUT2D eigenvalue weighted by molar-refractivity contribution is -0.116. The number of carbonyl (C=O) groups excluding carboxylic acids is 1. The van der Waals surface area contributed by atoms with Crippen molar-refractivity contribution in [2.45, 2.75) is 32.6 Å². The lowest BCUT2D eigenvalue weighted by Gasteiger charge is -2.15. The van der Waals surface area contributed by atoms with E-state index in [2.05, 4.69) is 17.1 Å². The van der Waals surface area contributed by atoms with E-state index in [9.17, 15) is 4.79 Å². The van der Waals surface area contributed by atoms with Gasteiger partial charge < -0.3 is 16.0 Å². The van der Waals surface area contributed by atoms with Gasteiger partial charge in [0.15, 0.2) is 0 Å². The molecule has 116 valence electrons. The van der Waals surface area contributed by atoms with Crippen molar-refractivity contribution >= 4 is 28.9 Å². The van der Waals surface area contributed by atoms with Crippen molar-refractivity contribution < 1.29 is 4.79 Å². The summed E-state index contributed by atoms with van der Waals surface area (Å²) in [5.74, 6) is 0.874. The smallest absolute Gasteiger partial charge is 0.224 e. The zero-order valence-corrected chi connectivity index (χ0v) is 13.3. The van der Waals surface area contributed by atoms with Gasteiger partial charge in [0, 0.05) is 18.7 Å². The number of halogens is 1. The van der Waals surface area contributed by atoms with Crippen molar-refractivity contribution in [3.63, 3.8) is 0 Å². The van der Waals surface area contributed by atoms with Gasteiger partial charge in [-0.2, -0.15) is 0 Å². The lowest BCUT2D eigenvalue weighted by atomic mass is 10.1. The van der Waals surface area contributed by atoms with Crippen LogP contribution in [-0.4, -0.2) is 30.4 Å². The molecule has 4 nitrogen and oxygen atoms in total. The third-order valence-electron chi connectivity index (χ3n) is 4.11. The maximum Gasteiger partial charge on any atom is 0.224 e. The number of hydrogen-bond acceptors (Lipinski definition) is 3. The third kappa shape index (κ3) is 4.90. The van der Waals surface area contributed by atoms with E-state index in [0.717, 1.165) is 18.9 Å². The number of likely N-dealkylation sites (tertiary alicyclic amines) is 1. The summed E-state index contributed by atoms with van der Waals surface area (Å²) in [5.41, 5.74) is 6.90. The summed E-state index contributed by atoms with van der Waals surface area (Å²) >= 11 is 5.85. The Morgan fingerprint density at radius 2 is 2.33 bits per heavy atom. The number of benzene rings is 1. The Labute approximate surface area is 131 Å². The van der Waals surface area contributed by atoms with Gasteiger partial charge >= 0.3 is 0 Å². The topological polar surface area (TPSA) is 58.4 Å². The zero-order valence-electron chi connectivity index (χ0n) is 12.6. The number of nitrogens with zero attached hydrogens (tertiary/aromatic N) is 1. The molecular formula is C16H24ClN3O. The Hall–Kier alpha value is -1.26. The van der Waals surface area contributed by atoms with Gasteiger partial charge in [0.05, 0.1) is 10.7 Å². The van der Waals surface area contributed by atoms with Crippen molar-refractivity contribution in [1.82, 2.24) is 4.90 Å². The molecule has 2 rings (SSSR count). The summed E-state index contributed by atoms with van der Waals surface area (Å²) in [6, 6.07) is 5.15. The van der Waals surface area contributed by atoms with Gasteiger partial charge in [0.2, 0.25) is 5.91 Å². The van der Waals surface area contributed by atoms with Crippen molar-refractivity contribution in [3.8, 4) is 0 Å². The van der Waals surface area contributed by atoms with Crippen molar-refractivity contribution in [1.29, 1.82) is 0 Å². The molecule has 1 heterocycles. The quantitative estimate of drug-likeness (QED) is 0.792. The average molecular weight is 310 g/mol. The number of rotatable bonds is 6. The van der Waals surface area contributed by atoms with E-state index >= 15 is 0 Å². The summed E-state index contributed by atoms with van der Waals surface area (Å²) in [5, 5.41) is 3.37. The van der Waals surface area contributed by atoms with Crippen LogP contribution in [0.5, 0.6) is 0 Å². The van der Waals surface area contributed by atoms with E-state index in [0.29, 0.717) is 22.8 Å². The maximum atomic E-state index is 11.9. The highest BCUT2D eigenvalue weighted by molar-refractivity contribution is 6.33. The first kappa shape index (κ1) is 16.1. The second-order valence-corrected chi connectivity index (χ2v) is 6.16. The summed E-state index contributed by atoms with van der Waals surface area (Å²) in [6.45, 7) is 5.62. The molecule has 1 atom stereocenters. The molecular weight excluding hydrogens is 286 g/mol. The van der Waals surface area contributed by atoms with Crippen LogP contribution in [0.25, 0.3) is 0 Å². The monoisotopic (exact) mass is 309 g/mol. The van der Waals surface area contributed by atoms with E-state index in [-0.39, 0.29) is 5.91 Å². The van der Waals surface area contributed by atoms with Gasteiger partial charge in [0.1, 0.15) is 0 Å². The van der Waals surface area contributed by atoms with E-state index in [1.807, 2.05) is 0 Å². The van der Waals surface area contributed by atoms with Crippen LogP contribution in [0.3, 0.4) is 0 Å². The molecule has 21 heavy (non-hydrogen) atoms. The number of amides is 1. The number of nitrogens with two attached hydrogens (primary N) is 1. The molecule has 1 fully saturated rings. The van der Waals surface area contributed by atoms with Crippen molar-refractivity contribution in [3.05, 3.63) is 23.2 Å². The van der Waals surface area contributed by atoms with Crippen LogP contribution in [-0.2, 0) is 4.79 Å². The highest BCUT2D eigenvalue weighted by Gasteiger charge is 2.20. The second-order valence-electron chi connectivity index (χ2n) is 5.75. The predicted octanol–water partition coefficient (Wildman–Crippen LogP) is 3.37. The normalized spacial score (nSPS) is 18.9. The molecule has 3 N–H and O–H groups in total. The SMILES string of the molecule is CCC1CCN(CCCC(=O)Nc2ccc(Cl)c(N)c2)C1. The fourth-order valence-electron chi connectivity index (χ4n) is 2.76. The fraction of sp³-hybridized carbons (Fsp3) is 0.562.